The van der Waals surface area contributed by atoms with Crippen LogP contribution in [0.15, 0.2) is 22.7 Å². The third-order valence-corrected chi connectivity index (χ3v) is 3.49. The van der Waals surface area contributed by atoms with E-state index in [1.165, 1.54) is 12.8 Å². The molecular weight excluding hydrogens is 272 g/mol. The zero-order chi connectivity index (χ0) is 11.5. The first kappa shape index (κ1) is 11.5. The fourth-order valence-corrected chi connectivity index (χ4v) is 2.63. The largest absolute Gasteiger partial charge is 0.299 e. The summed E-state index contributed by atoms with van der Waals surface area (Å²) in [5.74, 6) is 0. The first-order valence-electron chi connectivity index (χ1n) is 5.32. The zero-order valence-electron chi connectivity index (χ0n) is 8.86. The maximum absolute atomic E-state index is 11.0. The van der Waals surface area contributed by atoms with Crippen molar-refractivity contribution in [3.63, 3.8) is 0 Å². The van der Waals surface area contributed by atoms with Crippen molar-refractivity contribution in [1.29, 1.82) is 0 Å². The third-order valence-electron chi connectivity index (χ3n) is 2.85. The quantitative estimate of drug-likeness (QED) is 0.633. The van der Waals surface area contributed by atoms with Crippen molar-refractivity contribution in [2.24, 2.45) is 0 Å². The van der Waals surface area contributed by atoms with Gasteiger partial charge >= 0.3 is 0 Å². The van der Waals surface area contributed by atoms with Gasteiger partial charge in [-0.1, -0.05) is 12.1 Å². The predicted molar refractivity (Wildman–Crippen MR) is 65.3 cm³/mol. The molecule has 0 bridgehead atoms. The van der Waals surface area contributed by atoms with Gasteiger partial charge in [0, 0.05) is 12.1 Å². The first-order valence-corrected chi connectivity index (χ1v) is 6.12. The topological polar surface area (TPSA) is 46.4 Å². The van der Waals surface area contributed by atoms with Gasteiger partial charge in [0.25, 0.3) is 5.69 Å². The zero-order valence-corrected chi connectivity index (χ0v) is 10.4. The average Bonchev–Trinajstić information content (AvgIpc) is 2.70. The van der Waals surface area contributed by atoms with Crippen LogP contribution >= 0.6 is 15.9 Å². The number of hydrogen-bond donors (Lipinski definition) is 0. The number of nitro groups is 1. The fraction of sp³-hybridized carbons (Fsp3) is 0.455. The molecule has 0 radical (unpaired) electrons. The molecule has 86 valence electrons. The molecule has 5 heteroatoms. The minimum atomic E-state index is -0.310. The van der Waals surface area contributed by atoms with E-state index in [0.29, 0.717) is 11.0 Å². The summed E-state index contributed by atoms with van der Waals surface area (Å²) in [5.41, 5.74) is 0.996. The van der Waals surface area contributed by atoms with Gasteiger partial charge < -0.3 is 0 Å². The monoisotopic (exact) mass is 284 g/mol. The van der Waals surface area contributed by atoms with Crippen LogP contribution in [-0.4, -0.2) is 22.9 Å². The van der Waals surface area contributed by atoms with Gasteiger partial charge in [-0.05, 0) is 47.9 Å². The molecule has 1 aromatic carbocycles. The SMILES string of the molecule is O=[N+]([O-])c1c(Br)cccc1CN1CCCC1. The second-order valence-electron chi connectivity index (χ2n) is 3.99. The van der Waals surface area contributed by atoms with Gasteiger partial charge in [-0.25, -0.2) is 0 Å². The Balaban J connectivity index is 2.25. The van der Waals surface area contributed by atoms with Crippen molar-refractivity contribution in [2.75, 3.05) is 13.1 Å². The van der Waals surface area contributed by atoms with Crippen LogP contribution in [0.3, 0.4) is 0 Å². The first-order chi connectivity index (χ1) is 7.68. The average molecular weight is 285 g/mol. The maximum atomic E-state index is 11.0. The molecule has 1 aliphatic rings. The second-order valence-corrected chi connectivity index (χ2v) is 4.84. The number of hydrogen-bond acceptors (Lipinski definition) is 3. The Morgan fingerprint density at radius 1 is 1.38 bits per heavy atom. The summed E-state index contributed by atoms with van der Waals surface area (Å²) in [6.07, 6.45) is 2.39. The van der Waals surface area contributed by atoms with Crippen LogP contribution in [0.4, 0.5) is 5.69 Å². The summed E-state index contributed by atoms with van der Waals surface area (Å²) in [6, 6.07) is 5.40. The van der Waals surface area contributed by atoms with Gasteiger partial charge in [0.05, 0.1) is 9.40 Å². The number of benzene rings is 1. The summed E-state index contributed by atoms with van der Waals surface area (Å²) < 4.78 is 0.564. The van der Waals surface area contributed by atoms with E-state index >= 15 is 0 Å². The molecule has 0 unspecified atom stereocenters. The van der Waals surface area contributed by atoms with Crippen molar-refractivity contribution in [3.05, 3.63) is 38.3 Å². The van der Waals surface area contributed by atoms with Gasteiger partial charge in [0.15, 0.2) is 0 Å². The molecule has 1 heterocycles. The maximum Gasteiger partial charge on any atom is 0.287 e. The number of nitro benzene ring substituents is 1. The molecular formula is C11H13BrN2O2. The minimum absolute atomic E-state index is 0.203. The Bertz CT molecular complexity index is 403. The molecule has 1 aliphatic heterocycles. The van der Waals surface area contributed by atoms with Gasteiger partial charge in [-0.2, -0.15) is 0 Å². The second kappa shape index (κ2) is 4.93. The smallest absolute Gasteiger partial charge is 0.287 e. The van der Waals surface area contributed by atoms with Crippen LogP contribution in [-0.2, 0) is 6.54 Å². The standard InChI is InChI=1S/C11H13BrN2O2/c12-10-5-3-4-9(11(10)14(15)16)8-13-6-1-2-7-13/h3-5H,1-2,6-8H2. The van der Waals surface area contributed by atoms with Gasteiger partial charge in [-0.3, -0.25) is 15.0 Å². The third kappa shape index (κ3) is 2.41. The van der Waals surface area contributed by atoms with Crippen LogP contribution < -0.4 is 0 Å². The highest BCUT2D eigenvalue weighted by atomic mass is 79.9. The van der Waals surface area contributed by atoms with Crippen molar-refractivity contribution >= 4 is 21.6 Å². The van der Waals surface area contributed by atoms with E-state index in [4.69, 9.17) is 0 Å². The molecule has 0 amide bonds. The Hall–Kier alpha value is -0.940. The molecule has 0 aliphatic carbocycles. The fourth-order valence-electron chi connectivity index (χ4n) is 2.07. The summed E-state index contributed by atoms with van der Waals surface area (Å²) in [4.78, 5) is 12.9. The molecule has 0 N–H and O–H groups in total. The van der Waals surface area contributed by atoms with Crippen molar-refractivity contribution in [3.8, 4) is 0 Å². The van der Waals surface area contributed by atoms with Crippen molar-refractivity contribution in [1.82, 2.24) is 4.90 Å². The summed E-state index contributed by atoms with van der Waals surface area (Å²) in [7, 11) is 0. The lowest BCUT2D eigenvalue weighted by molar-refractivity contribution is -0.386. The summed E-state index contributed by atoms with van der Waals surface area (Å²) in [5, 5.41) is 11.0. The Kier molecular flexibility index (Phi) is 3.56. The number of nitrogens with zero attached hydrogens (tertiary/aromatic N) is 2. The van der Waals surface area contributed by atoms with E-state index < -0.39 is 0 Å². The van der Waals surface area contributed by atoms with Crippen LogP contribution in [0.2, 0.25) is 0 Å². The Labute approximate surface area is 103 Å². The molecule has 0 aromatic heterocycles. The Morgan fingerprint density at radius 3 is 2.69 bits per heavy atom. The molecule has 1 saturated heterocycles. The van der Waals surface area contributed by atoms with E-state index in [1.54, 1.807) is 6.07 Å². The lowest BCUT2D eigenvalue weighted by Crippen LogP contribution is -2.19. The van der Waals surface area contributed by atoms with E-state index in [0.717, 1.165) is 18.7 Å². The molecule has 4 nitrogen and oxygen atoms in total. The molecule has 16 heavy (non-hydrogen) atoms. The molecule has 0 atom stereocenters. The van der Waals surface area contributed by atoms with Crippen LogP contribution in [0, 0.1) is 10.1 Å². The molecule has 2 rings (SSSR count). The van der Waals surface area contributed by atoms with Crippen molar-refractivity contribution in [2.45, 2.75) is 19.4 Å². The summed E-state index contributed by atoms with van der Waals surface area (Å²) >= 11 is 3.24. The van der Waals surface area contributed by atoms with Gasteiger partial charge in [0.2, 0.25) is 0 Å². The van der Waals surface area contributed by atoms with E-state index in [-0.39, 0.29) is 10.6 Å². The molecule has 0 spiro atoms. The Morgan fingerprint density at radius 2 is 2.06 bits per heavy atom. The number of para-hydroxylation sites is 1. The lowest BCUT2D eigenvalue weighted by atomic mass is 10.1. The predicted octanol–water partition coefficient (Wildman–Crippen LogP) is 2.95. The number of likely N-dealkylation sites (tertiary alicyclic amines) is 1. The number of halogens is 1. The van der Waals surface area contributed by atoms with E-state index in [1.807, 2.05) is 12.1 Å². The van der Waals surface area contributed by atoms with Gasteiger partial charge in [-0.15, -0.1) is 0 Å². The highest BCUT2D eigenvalue weighted by Gasteiger charge is 2.21. The highest BCUT2D eigenvalue weighted by Crippen LogP contribution is 2.30. The molecule has 1 fully saturated rings. The molecule has 1 aromatic rings. The van der Waals surface area contributed by atoms with E-state index in [9.17, 15) is 10.1 Å². The minimum Gasteiger partial charge on any atom is -0.299 e. The highest BCUT2D eigenvalue weighted by molar-refractivity contribution is 9.10. The lowest BCUT2D eigenvalue weighted by Gasteiger charge is -2.14. The van der Waals surface area contributed by atoms with Gasteiger partial charge in [0.1, 0.15) is 0 Å². The van der Waals surface area contributed by atoms with Crippen molar-refractivity contribution < 1.29 is 4.92 Å². The van der Waals surface area contributed by atoms with Crippen LogP contribution in [0.5, 0.6) is 0 Å². The van der Waals surface area contributed by atoms with Crippen LogP contribution in [0.25, 0.3) is 0 Å². The van der Waals surface area contributed by atoms with Crippen LogP contribution in [0.1, 0.15) is 18.4 Å². The number of rotatable bonds is 3. The van der Waals surface area contributed by atoms with E-state index in [2.05, 4.69) is 20.8 Å². The molecule has 0 saturated carbocycles. The summed E-state index contributed by atoms with van der Waals surface area (Å²) in [6.45, 7) is 2.77. The normalized spacial score (nSPS) is 16.6.